The molecular weight excluding hydrogens is 310 g/mol. The van der Waals surface area contributed by atoms with Crippen molar-refractivity contribution in [3.63, 3.8) is 0 Å². The van der Waals surface area contributed by atoms with E-state index in [1.807, 2.05) is 30.3 Å². The number of methoxy groups -OCH3 is 1. The fourth-order valence-corrected chi connectivity index (χ4v) is 3.31. The molecule has 0 bridgehead atoms. The monoisotopic (exact) mass is 327 g/mol. The van der Waals surface area contributed by atoms with Crippen LogP contribution in [0.5, 0.6) is 5.88 Å². The summed E-state index contributed by atoms with van der Waals surface area (Å²) in [6.45, 7) is 0. The normalized spacial score (nSPS) is 13.7. The van der Waals surface area contributed by atoms with Gasteiger partial charge in [0, 0.05) is 39.8 Å². The average Bonchev–Trinajstić information content (AvgIpc) is 2.53. The molecule has 5 nitrogen and oxygen atoms in total. The molecule has 2 aromatic heterocycles. The van der Waals surface area contributed by atoms with Crippen LogP contribution >= 0.6 is 0 Å². The van der Waals surface area contributed by atoms with Gasteiger partial charge < -0.3 is 4.74 Å². The highest BCUT2D eigenvalue weighted by Crippen LogP contribution is 2.28. The van der Waals surface area contributed by atoms with Crippen molar-refractivity contribution in [1.29, 1.82) is 4.78 Å². The number of hydrogen-bond acceptors (Lipinski definition) is 5. The van der Waals surface area contributed by atoms with Crippen molar-refractivity contribution in [3.8, 4) is 17.0 Å². The van der Waals surface area contributed by atoms with Gasteiger partial charge >= 0.3 is 0 Å². The van der Waals surface area contributed by atoms with Crippen LogP contribution in [0.15, 0.2) is 48.8 Å². The lowest BCUT2D eigenvalue weighted by atomic mass is 10.0. The molecule has 0 saturated heterocycles. The van der Waals surface area contributed by atoms with Crippen molar-refractivity contribution in [1.82, 2.24) is 9.97 Å². The number of nitrogens with zero attached hydrogens (tertiary/aromatic N) is 2. The second-order valence-electron chi connectivity index (χ2n) is 5.45. The Morgan fingerprint density at radius 3 is 2.57 bits per heavy atom. The Morgan fingerprint density at radius 1 is 1.17 bits per heavy atom. The van der Waals surface area contributed by atoms with Gasteiger partial charge in [-0.1, -0.05) is 24.3 Å². The molecule has 0 aliphatic carbocycles. The highest BCUT2D eigenvalue weighted by atomic mass is 32.2. The summed E-state index contributed by atoms with van der Waals surface area (Å²) in [5.41, 5.74) is 3.77. The smallest absolute Gasteiger partial charge is 0.215 e. The number of fused-ring (bicyclic) bond motifs is 1. The summed E-state index contributed by atoms with van der Waals surface area (Å²) in [4.78, 5) is 8.61. The van der Waals surface area contributed by atoms with Crippen LogP contribution in [0.3, 0.4) is 0 Å². The van der Waals surface area contributed by atoms with Crippen molar-refractivity contribution < 1.29 is 8.95 Å². The Bertz CT molecular complexity index is 951. The molecule has 0 fully saturated rings. The molecule has 1 N–H and O–H groups in total. The van der Waals surface area contributed by atoms with Crippen LogP contribution in [0.4, 0.5) is 0 Å². The van der Waals surface area contributed by atoms with Crippen LogP contribution in [0.2, 0.25) is 0 Å². The average molecular weight is 327 g/mol. The zero-order chi connectivity index (χ0) is 16.4. The van der Waals surface area contributed by atoms with Gasteiger partial charge in [0.15, 0.2) is 0 Å². The zero-order valence-electron chi connectivity index (χ0n) is 12.9. The number of rotatable bonds is 4. The van der Waals surface area contributed by atoms with E-state index in [4.69, 9.17) is 9.52 Å². The fourth-order valence-electron chi connectivity index (χ4n) is 2.48. The third-order valence-corrected chi connectivity index (χ3v) is 4.40. The molecular formula is C17H17N3O2S. The van der Waals surface area contributed by atoms with Crippen molar-refractivity contribution in [2.45, 2.75) is 5.75 Å². The number of nitrogens with one attached hydrogen (secondary N) is 1. The van der Waals surface area contributed by atoms with E-state index >= 15 is 0 Å². The van der Waals surface area contributed by atoms with Crippen LogP contribution in [0, 0.1) is 4.78 Å². The molecule has 0 spiro atoms. The summed E-state index contributed by atoms with van der Waals surface area (Å²) in [5, 5.41) is 0.945. The molecule has 0 aliphatic heterocycles. The van der Waals surface area contributed by atoms with Crippen LogP contribution < -0.4 is 4.74 Å². The van der Waals surface area contributed by atoms with E-state index in [0.717, 1.165) is 27.6 Å². The molecule has 3 rings (SSSR count). The maximum absolute atomic E-state index is 11.6. The van der Waals surface area contributed by atoms with E-state index in [1.54, 1.807) is 25.6 Å². The Morgan fingerprint density at radius 2 is 1.91 bits per heavy atom. The Labute approximate surface area is 135 Å². The van der Waals surface area contributed by atoms with E-state index in [1.165, 1.54) is 6.26 Å². The minimum absolute atomic E-state index is 0.267. The maximum Gasteiger partial charge on any atom is 0.215 e. The summed E-state index contributed by atoms with van der Waals surface area (Å²) in [6.07, 6.45) is 4.97. The summed E-state index contributed by atoms with van der Waals surface area (Å²) in [7, 11) is -0.953. The van der Waals surface area contributed by atoms with Crippen molar-refractivity contribution in [2.24, 2.45) is 0 Å². The zero-order valence-corrected chi connectivity index (χ0v) is 13.8. The van der Waals surface area contributed by atoms with E-state index in [0.29, 0.717) is 5.88 Å². The predicted molar refractivity (Wildman–Crippen MR) is 92.0 cm³/mol. The van der Waals surface area contributed by atoms with Crippen LogP contribution in [-0.2, 0) is 15.5 Å². The standard InChI is InChI=1S/C17H17N3O2S/c1-22-17-9-16-15(10-20-17)14(7-8-19-16)13-5-3-12(4-6-13)11-23(2,18)21/h3-10,18H,11H2,1-2H3. The van der Waals surface area contributed by atoms with Gasteiger partial charge in [0.2, 0.25) is 5.88 Å². The lowest BCUT2D eigenvalue weighted by molar-refractivity contribution is 0.398. The quantitative estimate of drug-likeness (QED) is 0.796. The first kappa shape index (κ1) is 15.4. The first-order valence-corrected chi connectivity index (χ1v) is 9.19. The number of benzene rings is 1. The molecule has 1 atom stereocenters. The molecule has 0 saturated carbocycles. The number of hydrogen-bond donors (Lipinski definition) is 1. The SMILES string of the molecule is COc1cc2nccc(-c3ccc(CS(C)(=N)=O)cc3)c2cn1. The molecule has 0 radical (unpaired) electrons. The number of ether oxygens (including phenoxy) is 1. The van der Waals surface area contributed by atoms with Crippen LogP contribution in [0.1, 0.15) is 5.56 Å². The Kier molecular flexibility index (Phi) is 4.00. The van der Waals surface area contributed by atoms with Gasteiger partial charge in [-0.2, -0.15) is 0 Å². The van der Waals surface area contributed by atoms with Crippen molar-refractivity contribution in [3.05, 3.63) is 54.4 Å². The Hall–Kier alpha value is -2.47. The molecule has 23 heavy (non-hydrogen) atoms. The van der Waals surface area contributed by atoms with Gasteiger partial charge in [0.25, 0.3) is 0 Å². The molecule has 0 amide bonds. The second-order valence-corrected chi connectivity index (χ2v) is 7.75. The van der Waals surface area contributed by atoms with Gasteiger partial charge in [0.05, 0.1) is 18.4 Å². The largest absolute Gasteiger partial charge is 0.481 e. The molecule has 3 aromatic rings. The topological polar surface area (TPSA) is 75.9 Å². The van der Waals surface area contributed by atoms with Crippen molar-refractivity contribution in [2.75, 3.05) is 13.4 Å². The first-order valence-electron chi connectivity index (χ1n) is 7.06. The lowest BCUT2D eigenvalue weighted by Crippen LogP contribution is -1.98. The van der Waals surface area contributed by atoms with Gasteiger partial charge in [-0.15, -0.1) is 0 Å². The van der Waals surface area contributed by atoms with E-state index in [-0.39, 0.29) is 5.75 Å². The van der Waals surface area contributed by atoms with Gasteiger partial charge in [-0.3, -0.25) is 9.76 Å². The lowest BCUT2D eigenvalue weighted by Gasteiger charge is -2.08. The highest BCUT2D eigenvalue weighted by molar-refractivity contribution is 7.90. The molecule has 6 heteroatoms. The number of aromatic nitrogens is 2. The third kappa shape index (κ3) is 3.48. The number of pyridine rings is 2. The van der Waals surface area contributed by atoms with Crippen LogP contribution in [-0.4, -0.2) is 27.5 Å². The highest BCUT2D eigenvalue weighted by Gasteiger charge is 2.07. The molecule has 118 valence electrons. The van der Waals surface area contributed by atoms with E-state index < -0.39 is 9.73 Å². The molecule has 1 aromatic carbocycles. The summed E-state index contributed by atoms with van der Waals surface area (Å²) >= 11 is 0. The maximum atomic E-state index is 11.6. The molecule has 0 aliphatic rings. The minimum atomic E-state index is -2.53. The van der Waals surface area contributed by atoms with Gasteiger partial charge in [-0.05, 0) is 22.8 Å². The Balaban J connectivity index is 2.03. The summed E-state index contributed by atoms with van der Waals surface area (Å²) in [6, 6.07) is 11.5. The summed E-state index contributed by atoms with van der Waals surface area (Å²) in [5.74, 6) is 0.800. The van der Waals surface area contributed by atoms with E-state index in [9.17, 15) is 4.21 Å². The van der Waals surface area contributed by atoms with Crippen LogP contribution in [0.25, 0.3) is 22.0 Å². The van der Waals surface area contributed by atoms with Crippen molar-refractivity contribution >= 4 is 20.6 Å². The van der Waals surface area contributed by atoms with Gasteiger partial charge in [-0.25, -0.2) is 9.19 Å². The minimum Gasteiger partial charge on any atom is -0.481 e. The first-order chi connectivity index (χ1) is 11.0. The predicted octanol–water partition coefficient (Wildman–Crippen LogP) is 3.48. The fraction of sp³-hybridized carbons (Fsp3) is 0.176. The van der Waals surface area contributed by atoms with Gasteiger partial charge in [0.1, 0.15) is 0 Å². The molecule has 2 heterocycles. The summed E-state index contributed by atoms with van der Waals surface area (Å²) < 4.78 is 24.3. The molecule has 1 unspecified atom stereocenters. The third-order valence-electron chi connectivity index (χ3n) is 3.52. The van der Waals surface area contributed by atoms with E-state index in [2.05, 4.69) is 9.97 Å². The second kappa shape index (κ2) is 5.96.